The van der Waals surface area contributed by atoms with Crippen LogP contribution in [0, 0.1) is 0 Å². The molecule has 0 heterocycles. The van der Waals surface area contributed by atoms with E-state index in [0.29, 0.717) is 58.5 Å². The van der Waals surface area contributed by atoms with E-state index in [1.807, 2.05) is 13.8 Å². The molecule has 0 saturated heterocycles. The first-order valence-corrected chi connectivity index (χ1v) is 11.8. The van der Waals surface area contributed by atoms with E-state index in [0.717, 1.165) is 12.6 Å². The molecule has 0 fully saturated rings. The molecule has 39 heavy (non-hydrogen) atoms. The van der Waals surface area contributed by atoms with Crippen molar-refractivity contribution in [2.24, 2.45) is 0 Å². The number of benzene rings is 2. The monoisotopic (exact) mass is 572 g/mol. The van der Waals surface area contributed by atoms with Crippen LogP contribution in [-0.4, -0.2) is 36.0 Å². The summed E-state index contributed by atoms with van der Waals surface area (Å²) < 4.78 is 21.5. The Morgan fingerprint density at radius 1 is 0.641 bits per heavy atom. The van der Waals surface area contributed by atoms with Crippen LogP contribution in [0.3, 0.4) is 0 Å². The van der Waals surface area contributed by atoms with Gasteiger partial charge < -0.3 is 29.2 Å². The van der Waals surface area contributed by atoms with E-state index in [1.165, 1.54) is 0 Å². The van der Waals surface area contributed by atoms with Crippen molar-refractivity contribution in [3.63, 3.8) is 0 Å². The van der Waals surface area contributed by atoms with Gasteiger partial charge in [0.2, 0.25) is 0 Å². The Hall–Kier alpha value is -4.46. The summed E-state index contributed by atoms with van der Waals surface area (Å²) in [4.78, 5) is 21.5. The third-order valence-corrected chi connectivity index (χ3v) is 5.04. The zero-order valence-corrected chi connectivity index (χ0v) is 22.5. The molecule has 0 atom stereocenters. The van der Waals surface area contributed by atoms with Crippen molar-refractivity contribution in [3.05, 3.63) is 119 Å². The number of hydrogen-bond donors (Lipinski definition) is 2. The molecule has 204 valence electrons. The number of rotatable bonds is 10. The molecule has 0 amide bonds. The number of carbonyl (C=O) groups is 2. The van der Waals surface area contributed by atoms with Gasteiger partial charge in [0.1, 0.15) is 12.6 Å². The molecule has 0 saturated carbocycles. The molecule has 0 aromatic heterocycles. The van der Waals surface area contributed by atoms with Gasteiger partial charge in [-0.3, -0.25) is 9.59 Å². The zero-order chi connectivity index (χ0) is 27.3. The smallest absolute Gasteiger partial charge is 0.289 e. The van der Waals surface area contributed by atoms with Crippen LogP contribution in [0.5, 0.6) is 23.0 Å². The molecular formula is C30H28FeO8. The van der Waals surface area contributed by atoms with Crippen LogP contribution in [0.4, 0.5) is 0 Å². The molecule has 0 radical (unpaired) electrons. The fourth-order valence-electron chi connectivity index (χ4n) is 3.26. The van der Waals surface area contributed by atoms with Crippen molar-refractivity contribution < 1.29 is 55.8 Å². The Labute approximate surface area is 237 Å². The molecule has 2 aromatic carbocycles. The first-order valence-electron chi connectivity index (χ1n) is 11.8. The third kappa shape index (κ3) is 8.81. The molecule has 2 N–H and O–H groups in total. The van der Waals surface area contributed by atoms with Crippen molar-refractivity contribution in [1.82, 2.24) is 0 Å². The van der Waals surface area contributed by atoms with Crippen LogP contribution in [0.1, 0.15) is 34.6 Å². The molecule has 2 aliphatic carbocycles. The van der Waals surface area contributed by atoms with Gasteiger partial charge in [0.05, 0.1) is 24.4 Å². The summed E-state index contributed by atoms with van der Waals surface area (Å²) in [5.41, 5.74) is 2.15. The number of aldehydes is 2. The summed E-state index contributed by atoms with van der Waals surface area (Å²) in [7, 11) is 0. The van der Waals surface area contributed by atoms with Gasteiger partial charge in [0.25, 0.3) is 11.9 Å². The summed E-state index contributed by atoms with van der Waals surface area (Å²) in [6, 6.07) is 9.53. The Kier molecular flexibility index (Phi) is 12.4. The fraction of sp³-hybridized carbons (Fsp3) is 0.133. The molecule has 0 spiro atoms. The van der Waals surface area contributed by atoms with Gasteiger partial charge >= 0.3 is 0 Å². The summed E-state index contributed by atoms with van der Waals surface area (Å²) >= 11 is 0. The predicted molar refractivity (Wildman–Crippen MR) is 143 cm³/mol. The summed E-state index contributed by atoms with van der Waals surface area (Å²) in [6.07, 6.45) is 15.6. The van der Waals surface area contributed by atoms with Gasteiger partial charge in [-0.2, -0.15) is 0 Å². The van der Waals surface area contributed by atoms with Crippen molar-refractivity contribution in [3.8, 4) is 23.0 Å². The van der Waals surface area contributed by atoms with E-state index in [2.05, 4.69) is 0 Å². The summed E-state index contributed by atoms with van der Waals surface area (Å²) in [5, 5.41) is 19.7. The van der Waals surface area contributed by atoms with Crippen LogP contribution in [-0.2, 0) is 17.1 Å². The van der Waals surface area contributed by atoms with Gasteiger partial charge in [0.15, 0.2) is 23.0 Å². The average molecular weight is 572 g/mol. The topological polar surface area (TPSA) is 112 Å². The quantitative estimate of drug-likeness (QED) is 0.193. The predicted octanol–water partition coefficient (Wildman–Crippen LogP) is 6.34. The number of aliphatic hydroxyl groups is 2. The van der Waals surface area contributed by atoms with Gasteiger partial charge in [-0.05, 0) is 74.5 Å². The molecule has 0 aliphatic heterocycles. The number of hydrogen-bond acceptors (Lipinski definition) is 8. The SMILES string of the molecule is CCOc1cc(C=O)ccc1OC(O)=C1C=CC=C1.CCOc1cc(C=O)ccc1OC(O)=C1C=CC=C1.[Fe]. The van der Waals surface area contributed by atoms with Gasteiger partial charge in [0, 0.05) is 28.2 Å². The number of allylic oxidation sites excluding steroid dienone is 10. The van der Waals surface area contributed by atoms with Crippen molar-refractivity contribution in [2.75, 3.05) is 13.2 Å². The number of carbonyl (C=O) groups excluding carboxylic acids is 2. The standard InChI is InChI=1S/2C15H14O4.Fe/c2*1-2-18-14-9-11(10-16)7-8-13(14)19-15(17)12-5-3-4-6-12;/h2*3-10,17H,2H2,1H3;. The fourth-order valence-corrected chi connectivity index (χ4v) is 3.26. The molecule has 9 heteroatoms. The second-order valence-corrected chi connectivity index (χ2v) is 7.68. The minimum Gasteiger partial charge on any atom is -0.490 e. The van der Waals surface area contributed by atoms with E-state index >= 15 is 0 Å². The van der Waals surface area contributed by atoms with Gasteiger partial charge in [-0.25, -0.2) is 0 Å². The van der Waals surface area contributed by atoms with Crippen LogP contribution in [0.2, 0.25) is 0 Å². The van der Waals surface area contributed by atoms with E-state index in [9.17, 15) is 19.8 Å². The Morgan fingerprint density at radius 3 is 1.31 bits per heavy atom. The van der Waals surface area contributed by atoms with Crippen LogP contribution >= 0.6 is 0 Å². The molecular weight excluding hydrogens is 544 g/mol. The van der Waals surface area contributed by atoms with Gasteiger partial charge in [-0.1, -0.05) is 24.3 Å². The van der Waals surface area contributed by atoms with Crippen LogP contribution in [0.15, 0.2) is 108 Å². The first kappa shape index (κ1) is 30.8. The Morgan fingerprint density at radius 2 is 1.00 bits per heavy atom. The Bertz CT molecular complexity index is 1220. The Balaban J connectivity index is 0.000000267. The van der Waals surface area contributed by atoms with E-state index in [1.54, 1.807) is 85.0 Å². The summed E-state index contributed by atoms with van der Waals surface area (Å²) in [6.45, 7) is 4.54. The molecule has 4 rings (SSSR count). The largest absolute Gasteiger partial charge is 0.490 e. The van der Waals surface area contributed by atoms with E-state index in [-0.39, 0.29) is 29.0 Å². The molecule has 0 bridgehead atoms. The van der Waals surface area contributed by atoms with E-state index < -0.39 is 0 Å². The summed E-state index contributed by atoms with van der Waals surface area (Å²) in [5.74, 6) is 1.17. The van der Waals surface area contributed by atoms with Crippen LogP contribution < -0.4 is 18.9 Å². The van der Waals surface area contributed by atoms with E-state index in [4.69, 9.17) is 18.9 Å². The van der Waals surface area contributed by atoms with Crippen molar-refractivity contribution >= 4 is 12.6 Å². The third-order valence-electron chi connectivity index (χ3n) is 5.04. The van der Waals surface area contributed by atoms with Crippen molar-refractivity contribution in [2.45, 2.75) is 13.8 Å². The number of aliphatic hydroxyl groups excluding tert-OH is 2. The molecule has 2 aliphatic rings. The minimum atomic E-state index is -0.204. The van der Waals surface area contributed by atoms with Gasteiger partial charge in [-0.15, -0.1) is 0 Å². The number of ether oxygens (including phenoxy) is 4. The molecule has 2 aromatic rings. The second-order valence-electron chi connectivity index (χ2n) is 7.68. The van der Waals surface area contributed by atoms with Crippen molar-refractivity contribution in [1.29, 1.82) is 0 Å². The maximum absolute atomic E-state index is 10.7. The molecule has 8 nitrogen and oxygen atoms in total. The zero-order valence-electron chi connectivity index (χ0n) is 21.3. The maximum Gasteiger partial charge on any atom is 0.289 e. The second kappa shape index (κ2) is 15.7. The first-order chi connectivity index (χ1) is 18.5. The minimum absolute atomic E-state index is 0. The molecule has 0 unspecified atom stereocenters. The average Bonchev–Trinajstić information content (AvgIpc) is 3.66. The van der Waals surface area contributed by atoms with Crippen LogP contribution in [0.25, 0.3) is 0 Å². The normalized spacial score (nSPS) is 12.3. The maximum atomic E-state index is 10.7.